The van der Waals surface area contributed by atoms with Crippen molar-refractivity contribution in [1.29, 1.82) is 0 Å². The molecule has 1 N–H and O–H groups in total. The Balaban J connectivity index is 1.48. The normalized spacial score (nSPS) is 13.3. The molecule has 1 aliphatic rings. The van der Waals surface area contributed by atoms with Gasteiger partial charge in [0.1, 0.15) is 5.75 Å². The number of rotatable bonds is 3. The van der Waals surface area contributed by atoms with Crippen LogP contribution < -0.4 is 15.0 Å². The summed E-state index contributed by atoms with van der Waals surface area (Å²) in [4.78, 5) is 21.9. The molecule has 0 spiro atoms. The molecule has 138 valence electrons. The fourth-order valence-corrected chi connectivity index (χ4v) is 3.18. The van der Waals surface area contributed by atoms with Gasteiger partial charge in [0.05, 0.1) is 23.1 Å². The number of likely N-dealkylation sites (N-methyl/N-ethyl adjacent to an activating group) is 1. The van der Waals surface area contributed by atoms with Crippen LogP contribution in [0.2, 0.25) is 0 Å². The molecule has 0 atom stereocenters. The summed E-state index contributed by atoms with van der Waals surface area (Å²) in [6.07, 6.45) is 5.30. The first kappa shape index (κ1) is 16.2. The van der Waals surface area contributed by atoms with Crippen molar-refractivity contribution in [3.63, 3.8) is 0 Å². The van der Waals surface area contributed by atoms with E-state index in [0.29, 0.717) is 11.7 Å². The molecule has 0 bridgehead atoms. The number of benzene rings is 1. The molecule has 3 aromatic heterocycles. The predicted octanol–water partition coefficient (Wildman–Crippen LogP) is 2.89. The summed E-state index contributed by atoms with van der Waals surface area (Å²) in [6.45, 7) is 0.0350. The average molecular weight is 372 g/mol. The number of pyridine rings is 1. The van der Waals surface area contributed by atoms with Gasteiger partial charge in [0.25, 0.3) is 5.91 Å². The van der Waals surface area contributed by atoms with Crippen LogP contribution in [0.3, 0.4) is 0 Å². The highest BCUT2D eigenvalue weighted by Crippen LogP contribution is 2.34. The number of anilines is 3. The molecule has 5 rings (SSSR count). The van der Waals surface area contributed by atoms with Gasteiger partial charge in [-0.05, 0) is 36.4 Å². The first-order chi connectivity index (χ1) is 13.7. The van der Waals surface area contributed by atoms with E-state index < -0.39 is 0 Å². The van der Waals surface area contributed by atoms with Gasteiger partial charge in [-0.25, -0.2) is 9.50 Å². The molecule has 0 aliphatic carbocycles. The molecule has 1 aliphatic heterocycles. The van der Waals surface area contributed by atoms with Crippen LogP contribution in [0, 0.1) is 0 Å². The maximum atomic E-state index is 11.7. The van der Waals surface area contributed by atoms with Crippen molar-refractivity contribution in [2.24, 2.45) is 0 Å². The van der Waals surface area contributed by atoms with Crippen LogP contribution in [-0.4, -0.2) is 39.1 Å². The van der Waals surface area contributed by atoms with Crippen LogP contribution in [0.15, 0.2) is 61.1 Å². The fourth-order valence-electron chi connectivity index (χ4n) is 3.18. The van der Waals surface area contributed by atoms with Gasteiger partial charge >= 0.3 is 0 Å². The highest BCUT2D eigenvalue weighted by atomic mass is 16.5. The molecule has 0 radical (unpaired) electrons. The number of ether oxygens (including phenoxy) is 1. The standard InChI is InChI=1S/C20H16N6O2/c1-25-17-6-4-14(9-18(17)28-12-19(25)27)23-20-22-11-15-5-7-16(26(15)24-20)13-3-2-8-21-10-13/h2-11H,12H2,1H3,(H,23,24). The van der Waals surface area contributed by atoms with Crippen molar-refractivity contribution in [2.75, 3.05) is 23.9 Å². The number of nitrogens with zero attached hydrogens (tertiary/aromatic N) is 5. The van der Waals surface area contributed by atoms with Crippen molar-refractivity contribution in [1.82, 2.24) is 19.6 Å². The molecule has 0 saturated heterocycles. The number of carbonyl (C=O) groups is 1. The lowest BCUT2D eigenvalue weighted by atomic mass is 10.2. The summed E-state index contributed by atoms with van der Waals surface area (Å²) in [5.41, 5.74) is 4.31. The van der Waals surface area contributed by atoms with E-state index in [1.54, 1.807) is 30.5 Å². The second-order valence-corrected chi connectivity index (χ2v) is 6.43. The van der Waals surface area contributed by atoms with Gasteiger partial charge in [-0.15, -0.1) is 5.10 Å². The third kappa shape index (κ3) is 2.71. The Bertz CT molecular complexity index is 1190. The lowest BCUT2D eigenvalue weighted by Gasteiger charge is -2.26. The summed E-state index contributed by atoms with van der Waals surface area (Å²) in [7, 11) is 1.74. The number of fused-ring (bicyclic) bond motifs is 2. The van der Waals surface area contributed by atoms with Crippen LogP contribution in [-0.2, 0) is 4.79 Å². The average Bonchev–Trinajstić information content (AvgIpc) is 3.15. The zero-order chi connectivity index (χ0) is 19.1. The Hall–Kier alpha value is -3.94. The fraction of sp³-hybridized carbons (Fsp3) is 0.100. The summed E-state index contributed by atoms with van der Waals surface area (Å²) in [6, 6.07) is 13.4. The van der Waals surface area contributed by atoms with Gasteiger partial charge in [-0.2, -0.15) is 0 Å². The molecule has 8 heteroatoms. The van der Waals surface area contributed by atoms with E-state index in [1.807, 2.05) is 47.0 Å². The molecule has 0 saturated carbocycles. The van der Waals surface area contributed by atoms with E-state index in [-0.39, 0.29) is 12.5 Å². The third-order valence-corrected chi connectivity index (χ3v) is 4.66. The summed E-state index contributed by atoms with van der Waals surface area (Å²) < 4.78 is 7.36. The quantitative estimate of drug-likeness (QED) is 0.595. The minimum atomic E-state index is -0.0717. The number of aromatic nitrogens is 4. The van der Waals surface area contributed by atoms with E-state index in [2.05, 4.69) is 20.4 Å². The van der Waals surface area contributed by atoms with E-state index >= 15 is 0 Å². The van der Waals surface area contributed by atoms with E-state index in [9.17, 15) is 4.79 Å². The van der Waals surface area contributed by atoms with Crippen molar-refractivity contribution in [3.8, 4) is 17.0 Å². The Labute approximate surface area is 160 Å². The Morgan fingerprint density at radius 1 is 1.14 bits per heavy atom. The lowest BCUT2D eigenvalue weighted by Crippen LogP contribution is -2.35. The molecule has 1 aromatic carbocycles. The maximum Gasteiger partial charge on any atom is 0.264 e. The molecule has 4 heterocycles. The number of hydrogen-bond acceptors (Lipinski definition) is 6. The number of carbonyl (C=O) groups excluding carboxylic acids is 1. The molecule has 0 fully saturated rings. The van der Waals surface area contributed by atoms with Gasteiger partial charge in [0.15, 0.2) is 6.61 Å². The van der Waals surface area contributed by atoms with Crippen LogP contribution in [0.25, 0.3) is 16.8 Å². The summed E-state index contributed by atoms with van der Waals surface area (Å²) in [5.74, 6) is 1.02. The van der Waals surface area contributed by atoms with Gasteiger partial charge in [0, 0.05) is 36.8 Å². The smallest absolute Gasteiger partial charge is 0.264 e. The third-order valence-electron chi connectivity index (χ3n) is 4.66. The second kappa shape index (κ2) is 6.34. The highest BCUT2D eigenvalue weighted by Gasteiger charge is 2.22. The van der Waals surface area contributed by atoms with E-state index in [4.69, 9.17) is 4.74 Å². The molecular weight excluding hydrogens is 356 g/mol. The largest absolute Gasteiger partial charge is 0.481 e. The Kier molecular flexibility index (Phi) is 3.68. The lowest BCUT2D eigenvalue weighted by molar-refractivity contribution is -0.120. The van der Waals surface area contributed by atoms with Gasteiger partial charge in [-0.3, -0.25) is 9.78 Å². The van der Waals surface area contributed by atoms with Crippen LogP contribution in [0.4, 0.5) is 17.3 Å². The minimum absolute atomic E-state index is 0.0350. The van der Waals surface area contributed by atoms with Crippen molar-refractivity contribution in [3.05, 3.63) is 61.1 Å². The van der Waals surface area contributed by atoms with Gasteiger partial charge in [-0.1, -0.05) is 0 Å². The minimum Gasteiger partial charge on any atom is -0.481 e. The first-order valence-electron chi connectivity index (χ1n) is 8.75. The molecule has 0 unspecified atom stereocenters. The topological polar surface area (TPSA) is 84.6 Å². The number of nitrogens with one attached hydrogen (secondary N) is 1. The number of hydrogen-bond donors (Lipinski definition) is 1. The Morgan fingerprint density at radius 3 is 2.93 bits per heavy atom. The summed E-state index contributed by atoms with van der Waals surface area (Å²) in [5, 5.41) is 7.81. The van der Waals surface area contributed by atoms with Crippen LogP contribution >= 0.6 is 0 Å². The zero-order valence-electron chi connectivity index (χ0n) is 15.0. The van der Waals surface area contributed by atoms with Crippen molar-refractivity contribution < 1.29 is 9.53 Å². The molecule has 1 amide bonds. The van der Waals surface area contributed by atoms with E-state index in [1.165, 1.54) is 0 Å². The van der Waals surface area contributed by atoms with Crippen molar-refractivity contribution >= 4 is 28.7 Å². The maximum absolute atomic E-state index is 11.7. The molecular formula is C20H16N6O2. The highest BCUT2D eigenvalue weighted by molar-refractivity contribution is 5.97. The summed E-state index contributed by atoms with van der Waals surface area (Å²) >= 11 is 0. The van der Waals surface area contributed by atoms with Crippen LogP contribution in [0.5, 0.6) is 5.75 Å². The zero-order valence-corrected chi connectivity index (χ0v) is 15.0. The molecule has 28 heavy (non-hydrogen) atoms. The monoisotopic (exact) mass is 372 g/mol. The van der Waals surface area contributed by atoms with Gasteiger partial charge < -0.3 is 15.0 Å². The second-order valence-electron chi connectivity index (χ2n) is 6.43. The predicted molar refractivity (Wildman–Crippen MR) is 105 cm³/mol. The molecule has 8 nitrogen and oxygen atoms in total. The SMILES string of the molecule is CN1C(=O)COc2cc(Nc3ncc4ccc(-c5cccnc5)n4n3)ccc21. The van der Waals surface area contributed by atoms with Gasteiger partial charge in [0.2, 0.25) is 5.95 Å². The first-order valence-corrected chi connectivity index (χ1v) is 8.75. The van der Waals surface area contributed by atoms with E-state index in [0.717, 1.165) is 28.1 Å². The van der Waals surface area contributed by atoms with Crippen molar-refractivity contribution in [2.45, 2.75) is 0 Å². The molecule has 4 aromatic rings. The number of amides is 1. The van der Waals surface area contributed by atoms with Crippen LogP contribution in [0.1, 0.15) is 0 Å². The Morgan fingerprint density at radius 2 is 2.07 bits per heavy atom.